The van der Waals surface area contributed by atoms with Gasteiger partial charge in [0.15, 0.2) is 0 Å². The van der Waals surface area contributed by atoms with Crippen LogP contribution in [0.15, 0.2) is 0 Å². The predicted molar refractivity (Wildman–Crippen MR) is 69.2 cm³/mol. The normalized spacial score (nSPS) is 32.4. The van der Waals surface area contributed by atoms with E-state index in [1.54, 1.807) is 6.92 Å². The summed E-state index contributed by atoms with van der Waals surface area (Å²) in [7, 11) is 1.40. The van der Waals surface area contributed by atoms with E-state index in [2.05, 4.69) is 21.2 Å². The molecule has 0 radical (unpaired) electrons. The number of barbiturate groups is 1. The second-order valence-electron chi connectivity index (χ2n) is 5.27. The van der Waals surface area contributed by atoms with Crippen molar-refractivity contribution in [1.82, 2.24) is 10.2 Å². The van der Waals surface area contributed by atoms with Crippen molar-refractivity contribution in [2.45, 2.75) is 43.4 Å². The maximum atomic E-state index is 12.4. The Hall–Kier alpha value is -0.910. The molecule has 1 unspecified atom stereocenters. The molecule has 1 saturated carbocycles. The molecule has 1 N–H and O–H groups in total. The second kappa shape index (κ2) is 4.33. The molecule has 1 heterocycles. The van der Waals surface area contributed by atoms with Crippen molar-refractivity contribution in [3.63, 3.8) is 0 Å². The number of carbonyl (C=O) groups excluding carboxylic acids is 3. The third-order valence-electron chi connectivity index (χ3n) is 4.25. The largest absolute Gasteiger partial charge is 0.330 e. The summed E-state index contributed by atoms with van der Waals surface area (Å²) in [6.07, 6.45) is 4.63. The highest BCUT2D eigenvalue weighted by atomic mass is 79.9. The van der Waals surface area contributed by atoms with Crippen molar-refractivity contribution < 1.29 is 14.4 Å². The van der Waals surface area contributed by atoms with Gasteiger partial charge in [-0.05, 0) is 19.8 Å². The van der Waals surface area contributed by atoms with Gasteiger partial charge in [0.25, 0.3) is 0 Å². The van der Waals surface area contributed by atoms with Crippen LogP contribution in [0.5, 0.6) is 0 Å². The number of urea groups is 1. The smallest absolute Gasteiger partial charge is 0.277 e. The van der Waals surface area contributed by atoms with Crippen LogP contribution >= 0.6 is 15.9 Å². The van der Waals surface area contributed by atoms with E-state index < -0.39 is 27.6 Å². The molecule has 1 atom stereocenters. The van der Waals surface area contributed by atoms with Crippen molar-refractivity contribution >= 4 is 33.8 Å². The number of hydrogen-bond acceptors (Lipinski definition) is 3. The second-order valence-corrected chi connectivity index (χ2v) is 6.79. The first kappa shape index (κ1) is 13.5. The van der Waals surface area contributed by atoms with Gasteiger partial charge in [-0.1, -0.05) is 35.2 Å². The highest BCUT2D eigenvalue weighted by Crippen LogP contribution is 2.50. The lowest BCUT2D eigenvalue weighted by Gasteiger charge is -2.47. The summed E-state index contributed by atoms with van der Waals surface area (Å²) in [5.41, 5.74) is -1.21. The molecule has 1 aliphatic carbocycles. The molecular formula is C12H17BrN2O3. The monoisotopic (exact) mass is 316 g/mol. The van der Waals surface area contributed by atoms with E-state index in [4.69, 9.17) is 0 Å². The van der Waals surface area contributed by atoms with Crippen LogP contribution in [0.4, 0.5) is 4.79 Å². The third kappa shape index (κ3) is 1.69. The number of imide groups is 2. The number of nitrogens with one attached hydrogen (secondary N) is 1. The molecule has 1 aliphatic heterocycles. The molecule has 0 aromatic heterocycles. The van der Waals surface area contributed by atoms with Crippen molar-refractivity contribution in [2.75, 3.05) is 7.05 Å². The minimum Gasteiger partial charge on any atom is -0.277 e. The van der Waals surface area contributed by atoms with Gasteiger partial charge < -0.3 is 0 Å². The average Bonchev–Trinajstić information content (AvgIpc) is 2.34. The Labute approximate surface area is 114 Å². The van der Waals surface area contributed by atoms with Crippen LogP contribution in [-0.4, -0.2) is 34.1 Å². The highest BCUT2D eigenvalue weighted by Gasteiger charge is 2.61. The first-order valence-electron chi connectivity index (χ1n) is 6.15. The zero-order valence-corrected chi connectivity index (χ0v) is 12.2. The number of amides is 4. The number of alkyl halides is 1. The summed E-state index contributed by atoms with van der Waals surface area (Å²) in [4.78, 5) is 37.0. The van der Waals surface area contributed by atoms with Crippen LogP contribution in [-0.2, 0) is 9.59 Å². The van der Waals surface area contributed by atoms with Crippen molar-refractivity contribution in [3.05, 3.63) is 0 Å². The lowest BCUT2D eigenvalue weighted by Crippen LogP contribution is -2.68. The van der Waals surface area contributed by atoms with Gasteiger partial charge in [0.05, 0.1) is 0 Å². The lowest BCUT2D eigenvalue weighted by atomic mass is 9.67. The summed E-state index contributed by atoms with van der Waals surface area (Å²) >= 11 is 3.62. The van der Waals surface area contributed by atoms with E-state index in [0.29, 0.717) is 0 Å². The van der Waals surface area contributed by atoms with Crippen molar-refractivity contribution in [2.24, 2.45) is 5.41 Å². The third-order valence-corrected chi connectivity index (χ3v) is 5.84. The van der Waals surface area contributed by atoms with Gasteiger partial charge in [-0.15, -0.1) is 0 Å². The fraction of sp³-hybridized carbons (Fsp3) is 0.750. The van der Waals surface area contributed by atoms with E-state index in [0.717, 1.165) is 37.0 Å². The maximum Gasteiger partial charge on any atom is 0.330 e. The molecule has 6 heteroatoms. The summed E-state index contributed by atoms with van der Waals surface area (Å²) in [6, 6.07) is -0.644. The van der Waals surface area contributed by atoms with Gasteiger partial charge in [-0.25, -0.2) is 4.79 Å². The van der Waals surface area contributed by atoms with E-state index in [9.17, 15) is 14.4 Å². The predicted octanol–water partition coefficient (Wildman–Crippen LogP) is 1.80. The molecule has 0 spiro atoms. The van der Waals surface area contributed by atoms with Crippen LogP contribution in [0.25, 0.3) is 0 Å². The summed E-state index contributed by atoms with van der Waals surface area (Å²) in [6.45, 7) is 1.63. The molecule has 2 rings (SSSR count). The Morgan fingerprint density at radius 1 is 1.17 bits per heavy atom. The van der Waals surface area contributed by atoms with Crippen LogP contribution < -0.4 is 5.32 Å². The van der Waals surface area contributed by atoms with Gasteiger partial charge in [0, 0.05) is 11.4 Å². The quantitative estimate of drug-likeness (QED) is 0.592. The maximum absolute atomic E-state index is 12.4. The molecule has 2 fully saturated rings. The Kier molecular flexibility index (Phi) is 3.25. The van der Waals surface area contributed by atoms with E-state index in [1.807, 2.05) is 0 Å². The van der Waals surface area contributed by atoms with Gasteiger partial charge in [-0.2, -0.15) is 0 Å². The molecule has 18 heavy (non-hydrogen) atoms. The number of hydrogen-bond donors (Lipinski definition) is 1. The highest BCUT2D eigenvalue weighted by molar-refractivity contribution is 9.10. The van der Waals surface area contributed by atoms with E-state index in [-0.39, 0.29) is 0 Å². The molecule has 100 valence electrons. The van der Waals surface area contributed by atoms with Crippen LogP contribution in [0.1, 0.15) is 39.0 Å². The first-order chi connectivity index (χ1) is 8.33. The number of carbonyl (C=O) groups is 3. The number of nitrogens with zero attached hydrogens (tertiary/aromatic N) is 1. The zero-order chi connectivity index (χ0) is 13.6. The van der Waals surface area contributed by atoms with Crippen LogP contribution in [0, 0.1) is 5.41 Å². The SMILES string of the molecule is CN1C(=O)NC(=O)C(C)(C2(Br)CCCCC2)C1=O. The van der Waals surface area contributed by atoms with Gasteiger partial charge >= 0.3 is 6.03 Å². The molecule has 0 bridgehead atoms. The fourth-order valence-corrected chi connectivity index (χ4v) is 3.75. The lowest BCUT2D eigenvalue weighted by molar-refractivity contribution is -0.152. The summed E-state index contributed by atoms with van der Waals surface area (Å²) < 4.78 is -0.547. The van der Waals surface area contributed by atoms with Crippen molar-refractivity contribution in [1.29, 1.82) is 0 Å². The van der Waals surface area contributed by atoms with Gasteiger partial charge in [0.1, 0.15) is 5.41 Å². The molecule has 0 aromatic carbocycles. The minimum atomic E-state index is -1.21. The standard InChI is InChI=1S/C12H17BrN2O3/c1-11(12(13)6-4-3-5-7-12)8(16)14-10(18)15(2)9(11)17/h3-7H2,1-2H3,(H,14,16,18). The van der Waals surface area contributed by atoms with Gasteiger partial charge in [-0.3, -0.25) is 19.8 Å². The van der Waals surface area contributed by atoms with Crippen molar-refractivity contribution in [3.8, 4) is 0 Å². The molecule has 5 nitrogen and oxygen atoms in total. The Morgan fingerprint density at radius 3 is 2.28 bits per heavy atom. The van der Waals surface area contributed by atoms with Crippen LogP contribution in [0.2, 0.25) is 0 Å². The number of halogens is 1. The molecule has 0 aromatic rings. The zero-order valence-electron chi connectivity index (χ0n) is 10.6. The first-order valence-corrected chi connectivity index (χ1v) is 6.95. The summed E-state index contributed by atoms with van der Waals surface area (Å²) in [5, 5.41) is 2.27. The Balaban J connectivity index is 2.41. The molecular weight excluding hydrogens is 300 g/mol. The van der Waals surface area contributed by atoms with E-state index in [1.165, 1.54) is 7.05 Å². The Bertz CT molecular complexity index is 418. The Morgan fingerprint density at radius 2 is 1.72 bits per heavy atom. The molecule has 1 saturated heterocycles. The average molecular weight is 317 g/mol. The topological polar surface area (TPSA) is 66.5 Å². The van der Waals surface area contributed by atoms with E-state index >= 15 is 0 Å². The van der Waals surface area contributed by atoms with Crippen LogP contribution in [0.3, 0.4) is 0 Å². The summed E-state index contributed by atoms with van der Waals surface area (Å²) in [5.74, 6) is -0.913. The van der Waals surface area contributed by atoms with Gasteiger partial charge in [0.2, 0.25) is 11.8 Å². The number of rotatable bonds is 1. The minimum absolute atomic E-state index is 0.421. The fourth-order valence-electron chi connectivity index (χ4n) is 2.84. The molecule has 2 aliphatic rings. The molecule has 4 amide bonds.